The van der Waals surface area contributed by atoms with E-state index >= 15 is 0 Å². The third-order valence-corrected chi connectivity index (χ3v) is 3.83. The maximum atomic E-state index is 5.40. The van der Waals surface area contributed by atoms with Crippen molar-refractivity contribution in [2.24, 2.45) is 10.9 Å². The average Bonchev–Trinajstić information content (AvgIpc) is 2.31. The van der Waals surface area contributed by atoms with Crippen molar-refractivity contribution in [2.75, 3.05) is 28.2 Å². The van der Waals surface area contributed by atoms with Crippen molar-refractivity contribution in [3.63, 3.8) is 0 Å². The normalized spacial score (nSPS) is 12.5. The van der Waals surface area contributed by atoms with Crippen LogP contribution in [0.5, 0.6) is 0 Å². The van der Waals surface area contributed by atoms with E-state index in [1.54, 1.807) is 0 Å². The highest BCUT2D eigenvalue weighted by Crippen LogP contribution is 2.26. The highest BCUT2D eigenvalue weighted by molar-refractivity contribution is 9.10. The predicted molar refractivity (Wildman–Crippen MR) is 85.3 cm³/mol. The van der Waals surface area contributed by atoms with Crippen LogP contribution in [0.3, 0.4) is 0 Å². The minimum atomic E-state index is 0.854. The number of rotatable bonds is 5. The summed E-state index contributed by atoms with van der Waals surface area (Å²) >= 11 is 3.72. The second kappa shape index (κ2) is 7.03. The summed E-state index contributed by atoms with van der Waals surface area (Å²) in [4.78, 5) is 4.30. The van der Waals surface area contributed by atoms with Crippen LogP contribution in [0.2, 0.25) is 0 Å². The highest BCUT2D eigenvalue weighted by atomic mass is 79.9. The lowest BCUT2D eigenvalue weighted by atomic mass is 10.0. The number of halogens is 1. The summed E-state index contributed by atoms with van der Waals surface area (Å²) in [6.07, 6.45) is 0. The maximum absolute atomic E-state index is 5.40. The van der Waals surface area contributed by atoms with E-state index in [1.807, 2.05) is 6.92 Å². The monoisotopic (exact) mass is 326 g/mol. The Bertz CT molecular complexity index is 436. The molecular weight excluding hydrogens is 304 g/mol. The summed E-state index contributed by atoms with van der Waals surface area (Å²) in [7, 11) is 8.26. The first-order valence-electron chi connectivity index (χ1n) is 6.20. The Labute approximate surface area is 124 Å². The van der Waals surface area contributed by atoms with Gasteiger partial charge in [-0.15, -0.1) is 0 Å². The summed E-state index contributed by atoms with van der Waals surface area (Å²) in [5.74, 6) is 5.40. The summed E-state index contributed by atoms with van der Waals surface area (Å²) in [5.41, 5.74) is 4.44. The zero-order chi connectivity index (χ0) is 14.6. The first-order valence-corrected chi connectivity index (χ1v) is 7.00. The standard InChI is InChI=1S/C14H23BrN4/c1-10(17-16)11-6-12(8-18(2)3)14(15)13(7-11)9-19(4)5/h6-7H,8-9,16H2,1-5H3/b17-10+. The van der Waals surface area contributed by atoms with Gasteiger partial charge in [0.2, 0.25) is 0 Å². The van der Waals surface area contributed by atoms with Crippen LogP contribution in [-0.2, 0) is 13.1 Å². The Morgan fingerprint density at radius 3 is 1.84 bits per heavy atom. The molecule has 0 radical (unpaired) electrons. The van der Waals surface area contributed by atoms with Gasteiger partial charge in [-0.2, -0.15) is 5.10 Å². The van der Waals surface area contributed by atoms with E-state index in [1.165, 1.54) is 15.6 Å². The fourth-order valence-corrected chi connectivity index (χ4v) is 2.42. The van der Waals surface area contributed by atoms with Crippen molar-refractivity contribution >= 4 is 21.6 Å². The van der Waals surface area contributed by atoms with E-state index < -0.39 is 0 Å². The van der Waals surface area contributed by atoms with Gasteiger partial charge in [-0.3, -0.25) is 0 Å². The van der Waals surface area contributed by atoms with Crippen molar-refractivity contribution in [1.82, 2.24) is 9.80 Å². The molecule has 0 aliphatic heterocycles. The highest BCUT2D eigenvalue weighted by Gasteiger charge is 2.11. The van der Waals surface area contributed by atoms with Crippen molar-refractivity contribution < 1.29 is 0 Å². The van der Waals surface area contributed by atoms with Crippen LogP contribution in [0.1, 0.15) is 23.6 Å². The molecule has 0 fully saturated rings. The van der Waals surface area contributed by atoms with Gasteiger partial charge in [-0.05, 0) is 63.9 Å². The molecule has 1 aromatic carbocycles. The van der Waals surface area contributed by atoms with Gasteiger partial charge in [0, 0.05) is 17.6 Å². The van der Waals surface area contributed by atoms with Gasteiger partial charge >= 0.3 is 0 Å². The fraction of sp³-hybridized carbons (Fsp3) is 0.500. The maximum Gasteiger partial charge on any atom is 0.0642 e. The lowest BCUT2D eigenvalue weighted by Crippen LogP contribution is -2.16. The van der Waals surface area contributed by atoms with E-state index in [-0.39, 0.29) is 0 Å². The van der Waals surface area contributed by atoms with Crippen molar-refractivity contribution in [2.45, 2.75) is 20.0 Å². The topological polar surface area (TPSA) is 44.9 Å². The molecule has 0 bridgehead atoms. The third-order valence-electron chi connectivity index (χ3n) is 2.81. The first-order chi connectivity index (χ1) is 8.85. The lowest BCUT2D eigenvalue weighted by Gasteiger charge is -2.18. The largest absolute Gasteiger partial charge is 0.323 e. The van der Waals surface area contributed by atoms with Crippen LogP contribution in [0.4, 0.5) is 0 Å². The zero-order valence-corrected chi connectivity index (χ0v) is 14.0. The SMILES string of the molecule is C/C(=N\N)c1cc(CN(C)C)c(Br)c(CN(C)C)c1. The van der Waals surface area contributed by atoms with Crippen molar-refractivity contribution in [3.8, 4) is 0 Å². The smallest absolute Gasteiger partial charge is 0.0642 e. The van der Waals surface area contributed by atoms with Crippen LogP contribution in [0.15, 0.2) is 21.7 Å². The van der Waals surface area contributed by atoms with Crippen LogP contribution in [0.25, 0.3) is 0 Å². The molecule has 0 amide bonds. The Morgan fingerprint density at radius 2 is 1.53 bits per heavy atom. The lowest BCUT2D eigenvalue weighted by molar-refractivity contribution is 0.394. The second-order valence-electron chi connectivity index (χ2n) is 5.30. The molecule has 0 heterocycles. The van der Waals surface area contributed by atoms with Gasteiger partial charge in [-0.1, -0.05) is 15.9 Å². The number of hydrazone groups is 1. The van der Waals surface area contributed by atoms with Crippen LogP contribution >= 0.6 is 15.9 Å². The van der Waals surface area contributed by atoms with E-state index in [9.17, 15) is 0 Å². The molecule has 19 heavy (non-hydrogen) atoms. The number of hydrogen-bond acceptors (Lipinski definition) is 4. The molecule has 106 valence electrons. The molecule has 5 heteroatoms. The quantitative estimate of drug-likeness (QED) is 0.513. The van der Waals surface area contributed by atoms with Gasteiger partial charge in [-0.25, -0.2) is 0 Å². The zero-order valence-electron chi connectivity index (χ0n) is 12.4. The van der Waals surface area contributed by atoms with Gasteiger partial charge in [0.05, 0.1) is 5.71 Å². The minimum absolute atomic E-state index is 0.854. The molecular formula is C14H23BrN4. The molecule has 0 atom stereocenters. The van der Waals surface area contributed by atoms with Gasteiger partial charge < -0.3 is 15.6 Å². The fourth-order valence-electron chi connectivity index (χ4n) is 1.94. The second-order valence-corrected chi connectivity index (χ2v) is 6.09. The van der Waals surface area contributed by atoms with Gasteiger partial charge in [0.15, 0.2) is 0 Å². The van der Waals surface area contributed by atoms with E-state index in [0.29, 0.717) is 0 Å². The minimum Gasteiger partial charge on any atom is -0.323 e. The molecule has 0 saturated carbocycles. The Morgan fingerprint density at radius 1 is 1.11 bits per heavy atom. The number of nitrogens with zero attached hydrogens (tertiary/aromatic N) is 3. The molecule has 0 aliphatic carbocycles. The molecule has 0 spiro atoms. The average molecular weight is 327 g/mol. The number of hydrogen-bond donors (Lipinski definition) is 1. The Kier molecular flexibility index (Phi) is 5.97. The number of benzene rings is 1. The number of nitrogens with two attached hydrogens (primary N) is 1. The van der Waals surface area contributed by atoms with Crippen LogP contribution in [-0.4, -0.2) is 43.7 Å². The Balaban J connectivity index is 3.29. The van der Waals surface area contributed by atoms with Crippen LogP contribution in [0, 0.1) is 0 Å². The van der Waals surface area contributed by atoms with E-state index in [4.69, 9.17) is 5.84 Å². The Hall–Kier alpha value is -0.910. The molecule has 2 N–H and O–H groups in total. The molecule has 1 rings (SSSR count). The summed E-state index contributed by atoms with van der Waals surface area (Å²) in [6, 6.07) is 4.30. The van der Waals surface area contributed by atoms with Gasteiger partial charge in [0.1, 0.15) is 0 Å². The van der Waals surface area contributed by atoms with Crippen molar-refractivity contribution in [1.29, 1.82) is 0 Å². The molecule has 0 aliphatic rings. The van der Waals surface area contributed by atoms with E-state index in [0.717, 1.165) is 24.4 Å². The molecule has 4 nitrogen and oxygen atoms in total. The first kappa shape index (κ1) is 16.1. The molecule has 0 aromatic heterocycles. The summed E-state index contributed by atoms with van der Waals surface area (Å²) < 4.78 is 1.17. The summed E-state index contributed by atoms with van der Waals surface area (Å²) in [6.45, 7) is 3.70. The van der Waals surface area contributed by atoms with E-state index in [2.05, 4.69) is 71.2 Å². The molecule has 1 aromatic rings. The van der Waals surface area contributed by atoms with Crippen molar-refractivity contribution in [3.05, 3.63) is 33.3 Å². The van der Waals surface area contributed by atoms with Gasteiger partial charge in [0.25, 0.3) is 0 Å². The molecule has 0 unspecified atom stereocenters. The summed E-state index contributed by atoms with van der Waals surface area (Å²) in [5, 5.41) is 3.80. The van der Waals surface area contributed by atoms with Crippen LogP contribution < -0.4 is 5.84 Å². The molecule has 0 saturated heterocycles. The predicted octanol–water partition coefficient (Wildman–Crippen LogP) is 2.26. The third kappa shape index (κ3) is 4.60.